The number of halogens is 1. The Morgan fingerprint density at radius 1 is 1.23 bits per heavy atom. The van der Waals surface area contributed by atoms with E-state index in [1.54, 1.807) is 0 Å². The van der Waals surface area contributed by atoms with Crippen molar-refractivity contribution in [2.45, 2.75) is 32.9 Å². The molecular formula is C16H18ClN5. The third kappa shape index (κ3) is 2.52. The van der Waals surface area contributed by atoms with Gasteiger partial charge in [0.25, 0.3) is 0 Å². The molecule has 2 aromatic heterocycles. The molecule has 0 unspecified atom stereocenters. The monoisotopic (exact) mass is 315 g/mol. The lowest BCUT2D eigenvalue weighted by atomic mass is 10.1. The highest BCUT2D eigenvalue weighted by atomic mass is 35.5. The molecule has 6 heteroatoms. The topological polar surface area (TPSA) is 55.6 Å². The zero-order valence-electron chi connectivity index (χ0n) is 12.4. The van der Waals surface area contributed by atoms with Crippen molar-refractivity contribution in [1.82, 2.24) is 19.7 Å². The summed E-state index contributed by atoms with van der Waals surface area (Å²) in [6.45, 7) is 3.75. The van der Waals surface area contributed by atoms with E-state index >= 15 is 0 Å². The summed E-state index contributed by atoms with van der Waals surface area (Å²) < 4.78 is 2.23. The predicted molar refractivity (Wildman–Crippen MR) is 89.4 cm³/mol. The van der Waals surface area contributed by atoms with Crippen LogP contribution in [0.15, 0.2) is 30.3 Å². The summed E-state index contributed by atoms with van der Waals surface area (Å²) in [5.41, 5.74) is 3.14. The van der Waals surface area contributed by atoms with Crippen LogP contribution in [0.25, 0.3) is 10.9 Å². The number of hydrogen-bond acceptors (Lipinski definition) is 4. The number of pyridine rings is 1. The summed E-state index contributed by atoms with van der Waals surface area (Å²) in [6.07, 6.45) is 2.22. The fourth-order valence-corrected chi connectivity index (χ4v) is 2.97. The molecule has 0 fully saturated rings. The van der Waals surface area contributed by atoms with Crippen molar-refractivity contribution in [2.75, 3.05) is 5.32 Å². The maximum atomic E-state index is 4.57. The molecule has 5 nitrogen and oxygen atoms in total. The molecule has 0 saturated heterocycles. The number of para-hydroxylation sites is 1. The Morgan fingerprint density at radius 3 is 3.00 bits per heavy atom. The van der Waals surface area contributed by atoms with E-state index in [1.807, 2.05) is 25.1 Å². The number of aryl methyl sites for hydroxylation is 2. The van der Waals surface area contributed by atoms with Crippen molar-refractivity contribution >= 4 is 29.0 Å². The second kappa shape index (κ2) is 5.93. The molecule has 1 aliphatic heterocycles. The first kappa shape index (κ1) is 14.8. The summed E-state index contributed by atoms with van der Waals surface area (Å²) >= 11 is 0. The Balaban J connectivity index is 0.00000144. The van der Waals surface area contributed by atoms with Crippen LogP contribution < -0.4 is 5.32 Å². The highest BCUT2D eigenvalue weighted by molar-refractivity contribution is 5.91. The molecule has 0 amide bonds. The van der Waals surface area contributed by atoms with Crippen molar-refractivity contribution in [3.05, 3.63) is 47.7 Å². The Bertz CT molecular complexity index is 811. The van der Waals surface area contributed by atoms with Gasteiger partial charge in [-0.15, -0.1) is 22.6 Å². The molecule has 3 aromatic rings. The summed E-state index contributed by atoms with van der Waals surface area (Å²) in [4.78, 5) is 4.57. The molecule has 0 radical (unpaired) electrons. The Morgan fingerprint density at radius 2 is 2.09 bits per heavy atom. The van der Waals surface area contributed by atoms with E-state index in [0.29, 0.717) is 6.54 Å². The van der Waals surface area contributed by atoms with Crippen LogP contribution in [0.1, 0.15) is 23.8 Å². The number of rotatable bonds is 3. The van der Waals surface area contributed by atoms with Gasteiger partial charge in [-0.3, -0.25) is 4.98 Å². The van der Waals surface area contributed by atoms with Gasteiger partial charge in [0.05, 0.1) is 12.1 Å². The van der Waals surface area contributed by atoms with Crippen molar-refractivity contribution < 1.29 is 0 Å². The van der Waals surface area contributed by atoms with Gasteiger partial charge in [0.1, 0.15) is 5.82 Å². The minimum absolute atomic E-state index is 0. The van der Waals surface area contributed by atoms with Gasteiger partial charge in [0, 0.05) is 29.7 Å². The fraction of sp³-hybridized carbons (Fsp3) is 0.312. The number of anilines is 1. The molecule has 1 N–H and O–H groups in total. The van der Waals surface area contributed by atoms with Crippen molar-refractivity contribution in [3.8, 4) is 0 Å². The fourth-order valence-electron chi connectivity index (χ4n) is 2.97. The molecule has 0 atom stereocenters. The average molecular weight is 316 g/mol. The highest BCUT2D eigenvalue weighted by Crippen LogP contribution is 2.23. The smallest absolute Gasteiger partial charge is 0.152 e. The number of hydrogen-bond donors (Lipinski definition) is 1. The number of fused-ring (bicyclic) bond motifs is 2. The third-order valence-electron chi connectivity index (χ3n) is 3.97. The summed E-state index contributed by atoms with van der Waals surface area (Å²) in [6, 6.07) is 10.3. The quantitative estimate of drug-likeness (QED) is 0.807. The summed E-state index contributed by atoms with van der Waals surface area (Å²) in [5, 5.41) is 13.2. The van der Waals surface area contributed by atoms with Gasteiger partial charge < -0.3 is 9.88 Å². The lowest BCUT2D eigenvalue weighted by Crippen LogP contribution is -2.08. The van der Waals surface area contributed by atoms with Crippen LogP contribution in [0.5, 0.6) is 0 Å². The molecule has 0 aliphatic carbocycles. The van der Waals surface area contributed by atoms with Gasteiger partial charge >= 0.3 is 0 Å². The van der Waals surface area contributed by atoms with Gasteiger partial charge in [-0.05, 0) is 25.5 Å². The molecule has 3 heterocycles. The third-order valence-corrected chi connectivity index (χ3v) is 3.97. The van der Waals surface area contributed by atoms with E-state index in [0.717, 1.165) is 46.9 Å². The first-order valence-electron chi connectivity index (χ1n) is 7.32. The molecule has 0 spiro atoms. The highest BCUT2D eigenvalue weighted by Gasteiger charge is 2.17. The van der Waals surface area contributed by atoms with Crippen LogP contribution in [0.4, 0.5) is 5.69 Å². The van der Waals surface area contributed by atoms with Gasteiger partial charge in [0.15, 0.2) is 5.82 Å². The van der Waals surface area contributed by atoms with Gasteiger partial charge in [-0.1, -0.05) is 18.2 Å². The van der Waals surface area contributed by atoms with Crippen molar-refractivity contribution in [1.29, 1.82) is 0 Å². The minimum atomic E-state index is 0. The molecule has 0 saturated carbocycles. The minimum Gasteiger partial charge on any atom is -0.377 e. The van der Waals surface area contributed by atoms with E-state index in [-0.39, 0.29) is 12.4 Å². The Labute approximate surface area is 135 Å². The number of nitrogens with zero attached hydrogens (tertiary/aromatic N) is 4. The lowest BCUT2D eigenvalue weighted by molar-refractivity contribution is 0.696. The molecule has 1 aliphatic rings. The van der Waals surface area contributed by atoms with Crippen LogP contribution in [-0.4, -0.2) is 19.7 Å². The second-order valence-corrected chi connectivity index (χ2v) is 5.47. The second-order valence-electron chi connectivity index (χ2n) is 5.47. The van der Waals surface area contributed by atoms with Crippen LogP contribution in [0, 0.1) is 6.92 Å². The molecule has 0 bridgehead atoms. The number of nitrogens with one attached hydrogen (secondary N) is 1. The summed E-state index contributed by atoms with van der Waals surface area (Å²) in [7, 11) is 0. The molecule has 4 rings (SSSR count). The Hall–Kier alpha value is -2.14. The maximum Gasteiger partial charge on any atom is 0.152 e. The predicted octanol–water partition coefficient (Wildman–Crippen LogP) is 3.11. The van der Waals surface area contributed by atoms with E-state index in [1.165, 1.54) is 6.42 Å². The zero-order valence-corrected chi connectivity index (χ0v) is 13.2. The molecule has 22 heavy (non-hydrogen) atoms. The summed E-state index contributed by atoms with van der Waals surface area (Å²) in [5.74, 6) is 2.13. The zero-order chi connectivity index (χ0) is 14.2. The maximum absolute atomic E-state index is 4.57. The molecular weight excluding hydrogens is 298 g/mol. The largest absolute Gasteiger partial charge is 0.377 e. The van der Waals surface area contributed by atoms with Gasteiger partial charge in [-0.2, -0.15) is 0 Å². The number of benzene rings is 1. The first-order chi connectivity index (χ1) is 10.3. The van der Waals surface area contributed by atoms with Crippen LogP contribution in [0.3, 0.4) is 0 Å². The van der Waals surface area contributed by atoms with Crippen LogP contribution in [0.2, 0.25) is 0 Å². The molecule has 114 valence electrons. The van der Waals surface area contributed by atoms with Crippen LogP contribution >= 0.6 is 12.4 Å². The van der Waals surface area contributed by atoms with Gasteiger partial charge in [0.2, 0.25) is 0 Å². The SMILES string of the molecule is Cc1cc(NCc2nnc3n2CCC3)c2ccccc2n1.Cl. The normalized spacial score (nSPS) is 13.0. The standard InChI is InChI=1S/C16H17N5.ClH/c1-11-9-14(12-5-2-3-6-13(12)18-11)17-10-16-20-19-15-7-4-8-21(15)16;/h2-3,5-6,9H,4,7-8,10H2,1H3,(H,17,18);1H. The average Bonchev–Trinajstić information content (AvgIpc) is 3.08. The van der Waals surface area contributed by atoms with E-state index in [9.17, 15) is 0 Å². The van der Waals surface area contributed by atoms with E-state index in [4.69, 9.17) is 0 Å². The van der Waals surface area contributed by atoms with Gasteiger partial charge in [-0.25, -0.2) is 0 Å². The van der Waals surface area contributed by atoms with Crippen molar-refractivity contribution in [2.24, 2.45) is 0 Å². The van der Waals surface area contributed by atoms with E-state index < -0.39 is 0 Å². The van der Waals surface area contributed by atoms with Crippen molar-refractivity contribution in [3.63, 3.8) is 0 Å². The Kier molecular flexibility index (Phi) is 3.98. The lowest BCUT2D eigenvalue weighted by Gasteiger charge is -2.10. The number of aromatic nitrogens is 4. The van der Waals surface area contributed by atoms with E-state index in [2.05, 4.69) is 37.2 Å². The molecule has 1 aromatic carbocycles. The first-order valence-corrected chi connectivity index (χ1v) is 7.32. The van der Waals surface area contributed by atoms with Crippen LogP contribution in [-0.2, 0) is 19.5 Å².